The molecule has 1 aromatic rings. The molecule has 0 saturated carbocycles. The van der Waals surface area contributed by atoms with Crippen LogP contribution in [0.2, 0.25) is 18.1 Å². The highest BCUT2D eigenvalue weighted by Crippen LogP contribution is 2.38. The van der Waals surface area contributed by atoms with Crippen molar-refractivity contribution >= 4 is 13.3 Å². The van der Waals surface area contributed by atoms with Crippen LogP contribution in [0.5, 0.6) is 5.75 Å². The molecule has 102 valence electrons. The highest BCUT2D eigenvalue weighted by atomic mass is 28.3. The molecule has 1 rings (SSSR count). The SMILES string of the molecule is CC(C)(C)c1ccc(O)c([Si](C)(C)C(C)(C)C)c1. The molecule has 0 saturated heterocycles. The molecule has 0 unspecified atom stereocenters. The first-order valence-electron chi connectivity index (χ1n) is 6.71. The first-order chi connectivity index (χ1) is 7.87. The number of hydrogen-bond donors (Lipinski definition) is 1. The van der Waals surface area contributed by atoms with Crippen LogP contribution < -0.4 is 5.19 Å². The van der Waals surface area contributed by atoms with Gasteiger partial charge in [0, 0.05) is 0 Å². The van der Waals surface area contributed by atoms with Crippen LogP contribution in [0, 0.1) is 0 Å². The standard InChI is InChI=1S/C16H28OSi/c1-15(2,3)12-9-10-13(17)14(11-12)18(7,8)16(4,5)6/h9-11,17H,1-8H3. The van der Waals surface area contributed by atoms with Crippen LogP contribution in [0.15, 0.2) is 18.2 Å². The number of phenols is 1. The van der Waals surface area contributed by atoms with Crippen LogP contribution in [0.4, 0.5) is 0 Å². The molecule has 0 radical (unpaired) electrons. The Bertz CT molecular complexity index is 433. The summed E-state index contributed by atoms with van der Waals surface area (Å²) in [5, 5.41) is 11.7. The molecular weight excluding hydrogens is 236 g/mol. The summed E-state index contributed by atoms with van der Waals surface area (Å²) in [5.74, 6) is 0.467. The van der Waals surface area contributed by atoms with E-state index in [-0.39, 0.29) is 10.5 Å². The first kappa shape index (κ1) is 15.3. The third-order valence-corrected chi connectivity index (χ3v) is 9.91. The van der Waals surface area contributed by atoms with Gasteiger partial charge in [0.25, 0.3) is 0 Å². The van der Waals surface area contributed by atoms with Crippen LogP contribution in [-0.4, -0.2) is 13.2 Å². The van der Waals surface area contributed by atoms with Gasteiger partial charge in [-0.05, 0) is 27.3 Å². The molecule has 0 amide bonds. The zero-order chi connectivity index (χ0) is 14.4. The van der Waals surface area contributed by atoms with Gasteiger partial charge in [-0.1, -0.05) is 66.8 Å². The van der Waals surface area contributed by atoms with E-state index in [9.17, 15) is 5.11 Å². The molecule has 18 heavy (non-hydrogen) atoms. The van der Waals surface area contributed by atoms with Gasteiger partial charge in [-0.15, -0.1) is 0 Å². The lowest BCUT2D eigenvalue weighted by atomic mass is 9.87. The number of phenolic OH excluding ortho intramolecular Hbond substituents is 1. The lowest BCUT2D eigenvalue weighted by Gasteiger charge is -2.38. The fourth-order valence-corrected chi connectivity index (χ4v) is 3.96. The van der Waals surface area contributed by atoms with Gasteiger partial charge in [0.1, 0.15) is 5.75 Å². The van der Waals surface area contributed by atoms with Gasteiger partial charge in [0.05, 0.1) is 8.07 Å². The Morgan fingerprint density at radius 3 is 1.83 bits per heavy atom. The summed E-state index contributed by atoms with van der Waals surface area (Å²) in [6.07, 6.45) is 0. The Balaban J connectivity index is 3.42. The van der Waals surface area contributed by atoms with Crippen LogP contribution in [0.25, 0.3) is 0 Å². The minimum Gasteiger partial charge on any atom is -0.508 e. The highest BCUT2D eigenvalue weighted by molar-refractivity contribution is 6.92. The van der Waals surface area contributed by atoms with E-state index in [1.807, 2.05) is 12.1 Å². The van der Waals surface area contributed by atoms with Crippen molar-refractivity contribution in [3.63, 3.8) is 0 Å². The van der Waals surface area contributed by atoms with Crippen molar-refractivity contribution in [1.29, 1.82) is 0 Å². The van der Waals surface area contributed by atoms with Gasteiger partial charge in [-0.3, -0.25) is 0 Å². The summed E-state index contributed by atoms with van der Waals surface area (Å²) >= 11 is 0. The van der Waals surface area contributed by atoms with Crippen molar-refractivity contribution in [2.24, 2.45) is 0 Å². The molecule has 2 heteroatoms. The van der Waals surface area contributed by atoms with Gasteiger partial charge < -0.3 is 5.11 Å². The van der Waals surface area contributed by atoms with Gasteiger partial charge in [-0.25, -0.2) is 0 Å². The Hall–Kier alpha value is -0.763. The molecule has 1 N–H and O–H groups in total. The normalized spacial score (nSPS) is 13.8. The highest BCUT2D eigenvalue weighted by Gasteiger charge is 2.39. The molecule has 0 heterocycles. The van der Waals surface area contributed by atoms with Gasteiger partial charge in [0.15, 0.2) is 0 Å². The maximum absolute atomic E-state index is 10.2. The summed E-state index contributed by atoms with van der Waals surface area (Å²) in [7, 11) is -1.69. The van der Waals surface area contributed by atoms with E-state index in [0.29, 0.717) is 5.75 Å². The van der Waals surface area contributed by atoms with Gasteiger partial charge in [-0.2, -0.15) is 0 Å². The van der Waals surface area contributed by atoms with Gasteiger partial charge in [0.2, 0.25) is 0 Å². The van der Waals surface area contributed by atoms with Crippen LogP contribution in [-0.2, 0) is 5.41 Å². The minimum atomic E-state index is -1.69. The lowest BCUT2D eigenvalue weighted by molar-refractivity contribution is 0.477. The third-order valence-electron chi connectivity index (χ3n) is 4.41. The van der Waals surface area contributed by atoms with E-state index in [2.05, 4.69) is 60.7 Å². The molecule has 0 aliphatic carbocycles. The van der Waals surface area contributed by atoms with Crippen molar-refractivity contribution in [2.75, 3.05) is 0 Å². The van der Waals surface area contributed by atoms with E-state index in [0.717, 1.165) is 0 Å². The van der Waals surface area contributed by atoms with Gasteiger partial charge >= 0.3 is 0 Å². The van der Waals surface area contributed by atoms with Crippen molar-refractivity contribution in [3.8, 4) is 5.75 Å². The average molecular weight is 264 g/mol. The minimum absolute atomic E-state index is 0.130. The summed E-state index contributed by atoms with van der Waals surface area (Å²) < 4.78 is 0. The quantitative estimate of drug-likeness (QED) is 0.745. The topological polar surface area (TPSA) is 20.2 Å². The molecular formula is C16H28OSi. The summed E-state index contributed by atoms with van der Waals surface area (Å²) in [5.41, 5.74) is 1.44. The monoisotopic (exact) mass is 264 g/mol. The molecule has 1 aromatic carbocycles. The van der Waals surface area contributed by atoms with Crippen molar-refractivity contribution < 1.29 is 5.11 Å². The summed E-state index contributed by atoms with van der Waals surface area (Å²) in [4.78, 5) is 0. The molecule has 0 aliphatic heterocycles. The Labute approximate surface area is 113 Å². The first-order valence-corrected chi connectivity index (χ1v) is 9.71. The molecule has 0 bridgehead atoms. The number of aromatic hydroxyl groups is 1. The van der Waals surface area contributed by atoms with E-state index in [1.165, 1.54) is 10.8 Å². The number of hydrogen-bond acceptors (Lipinski definition) is 1. The van der Waals surface area contributed by atoms with E-state index < -0.39 is 8.07 Å². The Kier molecular flexibility index (Phi) is 3.75. The van der Waals surface area contributed by atoms with Crippen molar-refractivity contribution in [1.82, 2.24) is 0 Å². The molecule has 0 atom stereocenters. The zero-order valence-corrected chi connectivity index (χ0v) is 14.2. The lowest BCUT2D eigenvalue weighted by Crippen LogP contribution is -2.49. The van der Waals surface area contributed by atoms with Crippen LogP contribution in [0.1, 0.15) is 47.1 Å². The van der Waals surface area contributed by atoms with E-state index in [1.54, 1.807) is 0 Å². The predicted molar refractivity (Wildman–Crippen MR) is 83.6 cm³/mol. The maximum Gasteiger partial charge on any atom is 0.114 e. The van der Waals surface area contributed by atoms with Crippen LogP contribution >= 0.6 is 0 Å². The van der Waals surface area contributed by atoms with Crippen molar-refractivity contribution in [3.05, 3.63) is 23.8 Å². The van der Waals surface area contributed by atoms with Crippen molar-refractivity contribution in [2.45, 2.75) is 65.1 Å². The fraction of sp³-hybridized carbons (Fsp3) is 0.625. The average Bonchev–Trinajstić information content (AvgIpc) is 2.14. The Morgan fingerprint density at radius 1 is 0.944 bits per heavy atom. The second-order valence-corrected chi connectivity index (χ2v) is 13.1. The van der Waals surface area contributed by atoms with E-state index >= 15 is 0 Å². The summed E-state index contributed by atoms with van der Waals surface area (Å²) in [6, 6.07) is 6.15. The molecule has 0 aliphatic rings. The van der Waals surface area contributed by atoms with E-state index in [4.69, 9.17) is 0 Å². The smallest absolute Gasteiger partial charge is 0.114 e. The zero-order valence-electron chi connectivity index (χ0n) is 13.2. The predicted octanol–water partition coefficient (Wildman–Crippen LogP) is 4.41. The second-order valence-electron chi connectivity index (χ2n) is 7.86. The molecule has 0 aromatic heterocycles. The fourth-order valence-electron chi connectivity index (χ4n) is 1.91. The number of rotatable bonds is 1. The molecule has 0 fully saturated rings. The number of benzene rings is 1. The Morgan fingerprint density at radius 2 is 1.44 bits per heavy atom. The largest absolute Gasteiger partial charge is 0.508 e. The maximum atomic E-state index is 10.2. The van der Waals surface area contributed by atoms with Crippen LogP contribution in [0.3, 0.4) is 0 Å². The molecule has 1 nitrogen and oxygen atoms in total. The summed E-state index contributed by atoms with van der Waals surface area (Å²) in [6.45, 7) is 18.2. The second kappa shape index (κ2) is 4.41. The molecule has 0 spiro atoms. The third kappa shape index (κ3) is 2.80.